The second-order valence-corrected chi connectivity index (χ2v) is 7.08. The van der Waals surface area contributed by atoms with Gasteiger partial charge >= 0.3 is 5.97 Å². The number of aryl methyl sites for hydroxylation is 2. The van der Waals surface area contributed by atoms with E-state index in [2.05, 4.69) is 28.0 Å². The minimum absolute atomic E-state index is 0.550. The molecule has 0 radical (unpaired) electrons. The Morgan fingerprint density at radius 1 is 1.58 bits per heavy atom. The van der Waals surface area contributed by atoms with Gasteiger partial charge in [-0.05, 0) is 47.9 Å². The van der Waals surface area contributed by atoms with Crippen molar-refractivity contribution in [3.8, 4) is 0 Å². The molecule has 0 aromatic carbocycles. The van der Waals surface area contributed by atoms with Gasteiger partial charge in [0.1, 0.15) is 4.75 Å². The van der Waals surface area contributed by atoms with Gasteiger partial charge in [-0.3, -0.25) is 9.48 Å². The van der Waals surface area contributed by atoms with Gasteiger partial charge in [0.2, 0.25) is 0 Å². The van der Waals surface area contributed by atoms with Gasteiger partial charge < -0.3 is 5.11 Å². The molecule has 1 atom stereocenters. The third kappa shape index (κ3) is 2.70. The number of carboxylic acids is 1. The van der Waals surface area contributed by atoms with Crippen molar-refractivity contribution < 1.29 is 9.90 Å². The molecule has 1 fully saturated rings. The van der Waals surface area contributed by atoms with E-state index in [1.54, 1.807) is 11.8 Å². The fourth-order valence-electron chi connectivity index (χ4n) is 2.54. The lowest BCUT2D eigenvalue weighted by Crippen LogP contribution is -2.35. The molecule has 0 aliphatic carbocycles. The van der Waals surface area contributed by atoms with Crippen LogP contribution in [0.1, 0.15) is 38.1 Å². The first-order valence-electron chi connectivity index (χ1n) is 6.65. The van der Waals surface area contributed by atoms with Crippen molar-refractivity contribution in [1.82, 2.24) is 9.78 Å². The number of halogens is 1. The first kappa shape index (κ1) is 14.9. The molecule has 19 heavy (non-hydrogen) atoms. The van der Waals surface area contributed by atoms with E-state index in [0.717, 1.165) is 47.4 Å². The Kier molecular flexibility index (Phi) is 4.61. The molecule has 1 unspecified atom stereocenters. The van der Waals surface area contributed by atoms with Crippen molar-refractivity contribution in [3.63, 3.8) is 0 Å². The summed E-state index contributed by atoms with van der Waals surface area (Å²) in [7, 11) is 0. The van der Waals surface area contributed by atoms with Crippen molar-refractivity contribution in [2.24, 2.45) is 0 Å². The molecule has 1 aliphatic rings. The summed E-state index contributed by atoms with van der Waals surface area (Å²) in [5.41, 5.74) is 2.04. The molecule has 106 valence electrons. The predicted octanol–water partition coefficient (Wildman–Crippen LogP) is 3.12. The summed E-state index contributed by atoms with van der Waals surface area (Å²) in [4.78, 5) is 11.6. The highest BCUT2D eigenvalue weighted by molar-refractivity contribution is 9.10. The van der Waals surface area contributed by atoms with E-state index >= 15 is 0 Å². The summed E-state index contributed by atoms with van der Waals surface area (Å²) in [6.07, 6.45) is 3.13. The summed E-state index contributed by atoms with van der Waals surface area (Å²) < 4.78 is 2.26. The van der Waals surface area contributed by atoms with Crippen molar-refractivity contribution in [3.05, 3.63) is 15.9 Å². The van der Waals surface area contributed by atoms with Gasteiger partial charge in [-0.25, -0.2) is 0 Å². The van der Waals surface area contributed by atoms with E-state index in [9.17, 15) is 9.90 Å². The Balaban J connectivity index is 2.36. The van der Waals surface area contributed by atoms with E-state index in [-0.39, 0.29) is 0 Å². The third-order valence-corrected chi connectivity index (χ3v) is 6.12. The molecule has 1 aromatic rings. The average Bonchev–Trinajstić information content (AvgIpc) is 2.97. The quantitative estimate of drug-likeness (QED) is 0.889. The van der Waals surface area contributed by atoms with Crippen molar-refractivity contribution in [2.75, 3.05) is 5.75 Å². The second kappa shape index (κ2) is 5.87. The summed E-state index contributed by atoms with van der Waals surface area (Å²) in [6.45, 7) is 4.88. The van der Waals surface area contributed by atoms with E-state index in [1.165, 1.54) is 0 Å². The SMILES string of the molecule is CCc1nn(CC)c(CC2(C(=O)O)CCCS2)c1Br. The van der Waals surface area contributed by atoms with Crippen LogP contribution in [0.15, 0.2) is 4.47 Å². The number of aromatic nitrogens is 2. The third-order valence-electron chi connectivity index (χ3n) is 3.64. The van der Waals surface area contributed by atoms with Gasteiger partial charge in [-0.1, -0.05) is 6.92 Å². The molecule has 1 aromatic heterocycles. The summed E-state index contributed by atoms with van der Waals surface area (Å²) in [5, 5.41) is 14.1. The molecule has 1 saturated heterocycles. The Hall–Kier alpha value is -0.490. The van der Waals surface area contributed by atoms with Crippen LogP contribution in [0.25, 0.3) is 0 Å². The zero-order chi connectivity index (χ0) is 14.0. The standard InChI is InChI=1S/C13H19BrN2O2S/c1-3-9-11(14)10(16(4-2)15-9)8-13(12(17)18)6-5-7-19-13/h3-8H2,1-2H3,(H,17,18). The van der Waals surface area contributed by atoms with Crippen LogP contribution in [-0.2, 0) is 24.2 Å². The highest BCUT2D eigenvalue weighted by Crippen LogP contribution is 2.42. The minimum Gasteiger partial charge on any atom is -0.480 e. The zero-order valence-corrected chi connectivity index (χ0v) is 13.7. The topological polar surface area (TPSA) is 55.1 Å². The molecule has 0 spiro atoms. The van der Waals surface area contributed by atoms with Crippen molar-refractivity contribution in [1.29, 1.82) is 0 Å². The van der Waals surface area contributed by atoms with E-state index in [4.69, 9.17) is 0 Å². The fraction of sp³-hybridized carbons (Fsp3) is 0.692. The molecular formula is C13H19BrN2O2S. The van der Waals surface area contributed by atoms with Crippen LogP contribution in [0.4, 0.5) is 0 Å². The first-order valence-corrected chi connectivity index (χ1v) is 8.43. The van der Waals surface area contributed by atoms with E-state index in [0.29, 0.717) is 6.42 Å². The van der Waals surface area contributed by atoms with Crippen molar-refractivity contribution in [2.45, 2.75) is 50.8 Å². The number of hydrogen-bond acceptors (Lipinski definition) is 3. The average molecular weight is 347 g/mol. The molecule has 0 amide bonds. The maximum Gasteiger partial charge on any atom is 0.320 e. The highest BCUT2D eigenvalue weighted by atomic mass is 79.9. The van der Waals surface area contributed by atoms with E-state index in [1.807, 2.05) is 11.6 Å². The smallest absolute Gasteiger partial charge is 0.320 e. The van der Waals surface area contributed by atoms with Gasteiger partial charge in [-0.15, -0.1) is 11.8 Å². The molecule has 1 N–H and O–H groups in total. The van der Waals surface area contributed by atoms with Gasteiger partial charge in [-0.2, -0.15) is 5.10 Å². The van der Waals surface area contributed by atoms with Crippen molar-refractivity contribution >= 4 is 33.7 Å². The molecule has 2 rings (SSSR count). The lowest BCUT2D eigenvalue weighted by Gasteiger charge is -2.23. The number of carbonyl (C=O) groups is 1. The maximum absolute atomic E-state index is 11.6. The Bertz CT molecular complexity index is 481. The summed E-state index contributed by atoms with van der Waals surface area (Å²) in [5.74, 6) is 0.244. The molecular weight excluding hydrogens is 328 g/mol. The van der Waals surface area contributed by atoms with Crippen LogP contribution in [0.3, 0.4) is 0 Å². The lowest BCUT2D eigenvalue weighted by atomic mass is 9.97. The lowest BCUT2D eigenvalue weighted by molar-refractivity contribution is -0.139. The minimum atomic E-state index is -0.691. The summed E-state index contributed by atoms with van der Waals surface area (Å²) in [6, 6.07) is 0. The van der Waals surface area contributed by atoms with Gasteiger partial charge in [0.15, 0.2) is 0 Å². The Morgan fingerprint density at radius 3 is 2.79 bits per heavy atom. The van der Waals surface area contributed by atoms with Crippen LogP contribution >= 0.6 is 27.7 Å². The number of carboxylic acid groups (broad SMARTS) is 1. The van der Waals surface area contributed by atoms with Gasteiger partial charge in [0.05, 0.1) is 15.9 Å². The Labute approximate surface area is 126 Å². The largest absolute Gasteiger partial charge is 0.480 e. The van der Waals surface area contributed by atoms with Gasteiger partial charge in [0.25, 0.3) is 0 Å². The normalized spacial score (nSPS) is 22.9. The number of hydrogen-bond donors (Lipinski definition) is 1. The predicted molar refractivity (Wildman–Crippen MR) is 80.7 cm³/mol. The van der Waals surface area contributed by atoms with Crippen LogP contribution in [-0.4, -0.2) is 31.4 Å². The second-order valence-electron chi connectivity index (χ2n) is 4.80. The summed E-state index contributed by atoms with van der Waals surface area (Å²) >= 11 is 5.17. The number of thioether (sulfide) groups is 1. The van der Waals surface area contributed by atoms with Crippen LogP contribution in [0.5, 0.6) is 0 Å². The monoisotopic (exact) mass is 346 g/mol. The first-order chi connectivity index (χ1) is 9.04. The zero-order valence-electron chi connectivity index (χ0n) is 11.3. The molecule has 0 saturated carbocycles. The molecule has 1 aliphatic heterocycles. The number of aliphatic carboxylic acids is 1. The molecule has 0 bridgehead atoms. The number of rotatable bonds is 5. The van der Waals surface area contributed by atoms with Crippen LogP contribution in [0, 0.1) is 0 Å². The number of nitrogens with zero attached hydrogens (tertiary/aromatic N) is 2. The van der Waals surface area contributed by atoms with Crippen LogP contribution < -0.4 is 0 Å². The van der Waals surface area contributed by atoms with E-state index < -0.39 is 10.7 Å². The fourth-order valence-corrected chi connectivity index (χ4v) is 4.57. The Morgan fingerprint density at radius 2 is 2.32 bits per heavy atom. The molecule has 4 nitrogen and oxygen atoms in total. The highest BCUT2D eigenvalue weighted by Gasteiger charge is 2.43. The maximum atomic E-state index is 11.6. The van der Waals surface area contributed by atoms with Gasteiger partial charge in [0, 0.05) is 13.0 Å². The van der Waals surface area contributed by atoms with Crippen LogP contribution in [0.2, 0.25) is 0 Å². The molecule has 6 heteroatoms. The molecule has 2 heterocycles.